The molecule has 2 aromatic carbocycles. The van der Waals surface area contributed by atoms with E-state index in [9.17, 15) is 37.7 Å². The quantitative estimate of drug-likeness (QED) is 0.215. The van der Waals surface area contributed by atoms with Crippen molar-refractivity contribution in [1.82, 2.24) is 5.32 Å². The van der Waals surface area contributed by atoms with Gasteiger partial charge in [0.15, 0.2) is 0 Å². The molecule has 2 heterocycles. The molecule has 4 rings (SSSR count). The first-order valence-electron chi connectivity index (χ1n) is 10.5. The van der Waals surface area contributed by atoms with Crippen molar-refractivity contribution in [3.8, 4) is 0 Å². The Morgan fingerprint density at radius 3 is 2.39 bits per heavy atom. The molecule has 10 nitrogen and oxygen atoms in total. The fourth-order valence-electron chi connectivity index (χ4n) is 3.92. The van der Waals surface area contributed by atoms with Gasteiger partial charge in [0.05, 0.1) is 42.4 Å². The van der Waals surface area contributed by atoms with Gasteiger partial charge >= 0.3 is 12.2 Å². The number of rotatable bonds is 4. The number of carbonyl (C=O) groups is 3. The van der Waals surface area contributed by atoms with Gasteiger partial charge in [-0.15, -0.1) is 0 Å². The number of quaternary nitrogens is 1. The van der Waals surface area contributed by atoms with E-state index in [2.05, 4.69) is 5.32 Å². The number of nitrogens with two attached hydrogens (primary N) is 1. The number of urea groups is 1. The summed E-state index contributed by atoms with van der Waals surface area (Å²) in [6.45, 7) is 2.76. The number of barbiturate groups is 1. The Labute approximate surface area is 203 Å². The molecule has 4 amide bonds. The van der Waals surface area contributed by atoms with Gasteiger partial charge in [0.25, 0.3) is 17.5 Å². The number of anilines is 2. The molecule has 36 heavy (non-hydrogen) atoms. The maximum atomic E-state index is 13.2. The van der Waals surface area contributed by atoms with Gasteiger partial charge < -0.3 is 17.6 Å². The number of nitro benzene ring substituents is 1. The lowest BCUT2D eigenvalue weighted by atomic mass is 10.0. The van der Waals surface area contributed by atoms with E-state index in [1.165, 1.54) is 18.2 Å². The van der Waals surface area contributed by atoms with Crippen molar-refractivity contribution in [3.05, 3.63) is 76.7 Å². The highest BCUT2D eigenvalue weighted by molar-refractivity contribution is 6.39. The molecule has 0 saturated carbocycles. The van der Waals surface area contributed by atoms with Crippen LogP contribution in [0.4, 0.5) is 35.0 Å². The monoisotopic (exact) mass is 505 g/mol. The van der Waals surface area contributed by atoms with Crippen LogP contribution in [0.1, 0.15) is 11.1 Å². The van der Waals surface area contributed by atoms with Crippen LogP contribution in [-0.2, 0) is 15.8 Å². The van der Waals surface area contributed by atoms with Gasteiger partial charge in [0, 0.05) is 23.4 Å². The lowest BCUT2D eigenvalue weighted by Crippen LogP contribution is -2.89. The van der Waals surface area contributed by atoms with Crippen molar-refractivity contribution < 1.29 is 37.8 Å². The molecular weight excluding hydrogens is 483 g/mol. The van der Waals surface area contributed by atoms with Crippen LogP contribution >= 0.6 is 0 Å². The number of hydrogen-bond donors (Lipinski definition) is 2. The number of piperazine rings is 1. The second kappa shape index (κ2) is 10.2. The highest BCUT2D eigenvalue weighted by atomic mass is 19.4. The number of benzene rings is 2. The first kappa shape index (κ1) is 26.3. The van der Waals surface area contributed by atoms with E-state index >= 15 is 0 Å². The summed E-state index contributed by atoms with van der Waals surface area (Å²) in [5.41, 5.74) is -1.56. The first-order valence-corrected chi connectivity index (χ1v) is 10.5. The maximum absolute atomic E-state index is 13.2. The lowest BCUT2D eigenvalue weighted by Gasteiger charge is -2.29. The smallest absolute Gasteiger partial charge is 0.360 e. The summed E-state index contributed by atoms with van der Waals surface area (Å²) in [7, 11) is 0. The molecule has 0 unspecified atom stereocenters. The minimum absolute atomic E-state index is 0. The Kier molecular flexibility index (Phi) is 7.43. The number of nitro groups is 1. The Morgan fingerprint density at radius 2 is 1.75 bits per heavy atom. The zero-order valence-corrected chi connectivity index (χ0v) is 19.0. The fraction of sp³-hybridized carbons (Fsp3) is 0.217. The van der Waals surface area contributed by atoms with Crippen LogP contribution in [0.15, 0.2) is 48.0 Å². The Bertz CT molecular complexity index is 1250. The van der Waals surface area contributed by atoms with E-state index in [1.54, 1.807) is 0 Å². The second-order valence-electron chi connectivity index (χ2n) is 7.86. The van der Waals surface area contributed by atoms with Crippen LogP contribution in [0.5, 0.6) is 0 Å². The lowest BCUT2D eigenvalue weighted by molar-refractivity contribution is -0.655. The number of non-ortho nitro benzene ring substituents is 1. The summed E-state index contributed by atoms with van der Waals surface area (Å²) in [4.78, 5) is 51.2. The van der Waals surface area contributed by atoms with E-state index in [1.807, 2.05) is 10.2 Å². The van der Waals surface area contributed by atoms with Crippen LogP contribution in [0, 0.1) is 17.5 Å². The average molecular weight is 505 g/mol. The van der Waals surface area contributed by atoms with Crippen LogP contribution in [-0.4, -0.2) is 48.9 Å². The standard InChI is InChI=1S/C22H18F3N5O5.CH3/c23-22(24,25)14-2-1-3-15(12-14)29-20(32)17(19(31)27-21(29)33)11-13-10-16(30(34)35)4-5-18(13)28-8-6-26-7-9-28;/h1-5,10-12,26H,6-9H2,(H,27,31,33);1H3/q;-1/p+1/b17-11-;. The van der Waals surface area contributed by atoms with Crippen LogP contribution in [0.3, 0.4) is 0 Å². The van der Waals surface area contributed by atoms with Gasteiger partial charge in [0.1, 0.15) is 5.57 Å². The second-order valence-corrected chi connectivity index (χ2v) is 7.86. The summed E-state index contributed by atoms with van der Waals surface area (Å²) in [6, 6.07) is 6.37. The van der Waals surface area contributed by atoms with E-state index in [-0.39, 0.29) is 24.4 Å². The predicted octanol–water partition coefficient (Wildman–Crippen LogP) is 2.11. The van der Waals surface area contributed by atoms with Gasteiger partial charge in [-0.25, -0.2) is 9.69 Å². The largest absolute Gasteiger partial charge is 0.416 e. The molecule has 0 spiro atoms. The first-order chi connectivity index (χ1) is 16.6. The van der Waals surface area contributed by atoms with Gasteiger partial charge in [-0.05, 0) is 30.3 Å². The molecular formula is C23H22F3N5O5. The topological polar surface area (TPSA) is 129 Å². The van der Waals surface area contributed by atoms with E-state index < -0.39 is 40.1 Å². The van der Waals surface area contributed by atoms with Gasteiger partial charge in [-0.3, -0.25) is 25.0 Å². The zero-order valence-electron chi connectivity index (χ0n) is 19.0. The SMILES string of the molecule is O=C1NC(=O)N(c2cccc(C(F)(F)F)c2)C(=O)/C1=C\c1cc([N+](=O)[O-])ccc1N1CC[NH2+]CC1.[CH3-]. The van der Waals surface area contributed by atoms with Crippen molar-refractivity contribution >= 4 is 41.0 Å². The van der Waals surface area contributed by atoms with Crippen molar-refractivity contribution in [2.75, 3.05) is 36.0 Å². The van der Waals surface area contributed by atoms with E-state index in [4.69, 9.17) is 0 Å². The number of hydrogen-bond acceptors (Lipinski definition) is 6. The van der Waals surface area contributed by atoms with Gasteiger partial charge in [-0.1, -0.05) is 6.07 Å². The number of imide groups is 2. The molecule has 0 aromatic heterocycles. The molecule has 2 aliphatic rings. The highest BCUT2D eigenvalue weighted by Crippen LogP contribution is 2.33. The third kappa shape index (κ3) is 5.20. The molecule has 190 valence electrons. The molecule has 2 saturated heterocycles. The van der Waals surface area contributed by atoms with Crippen molar-refractivity contribution in [2.45, 2.75) is 6.18 Å². The molecule has 2 aliphatic heterocycles. The minimum atomic E-state index is -4.72. The highest BCUT2D eigenvalue weighted by Gasteiger charge is 2.38. The molecule has 13 heteroatoms. The van der Waals surface area contributed by atoms with Crippen LogP contribution in [0.2, 0.25) is 0 Å². The Morgan fingerprint density at radius 1 is 1.06 bits per heavy atom. The van der Waals surface area contributed by atoms with Crippen molar-refractivity contribution in [1.29, 1.82) is 0 Å². The number of amides is 4. The number of alkyl halides is 3. The molecule has 0 aliphatic carbocycles. The van der Waals surface area contributed by atoms with E-state index in [0.717, 1.165) is 37.4 Å². The molecule has 3 N–H and O–H groups in total. The predicted molar refractivity (Wildman–Crippen MR) is 124 cm³/mol. The molecule has 2 fully saturated rings. The van der Waals surface area contributed by atoms with Crippen LogP contribution < -0.4 is 20.4 Å². The fourth-order valence-corrected chi connectivity index (χ4v) is 3.92. The zero-order chi connectivity index (χ0) is 25.3. The average Bonchev–Trinajstić information content (AvgIpc) is 2.81. The number of nitrogens with one attached hydrogen (secondary N) is 1. The van der Waals surface area contributed by atoms with Crippen molar-refractivity contribution in [3.63, 3.8) is 0 Å². The third-order valence-corrected chi connectivity index (χ3v) is 5.60. The third-order valence-electron chi connectivity index (χ3n) is 5.60. The molecule has 0 radical (unpaired) electrons. The normalized spacial score (nSPS) is 17.6. The number of halogens is 3. The van der Waals surface area contributed by atoms with E-state index in [0.29, 0.717) is 29.7 Å². The van der Waals surface area contributed by atoms with Gasteiger partial charge in [0.2, 0.25) is 0 Å². The summed E-state index contributed by atoms with van der Waals surface area (Å²) in [5.74, 6) is -2.21. The van der Waals surface area contributed by atoms with Crippen LogP contribution in [0.25, 0.3) is 6.08 Å². The van der Waals surface area contributed by atoms with Crippen molar-refractivity contribution in [2.24, 2.45) is 0 Å². The summed E-state index contributed by atoms with van der Waals surface area (Å²) in [6.07, 6.45) is -3.60. The van der Waals surface area contributed by atoms with Gasteiger partial charge in [-0.2, -0.15) is 13.2 Å². The molecule has 0 atom stereocenters. The summed E-state index contributed by atoms with van der Waals surface area (Å²) in [5, 5.41) is 15.4. The minimum Gasteiger partial charge on any atom is -0.360 e. The summed E-state index contributed by atoms with van der Waals surface area (Å²) < 4.78 is 39.4. The molecule has 0 bridgehead atoms. The number of nitrogens with zero attached hydrogens (tertiary/aromatic N) is 3. The Balaban J connectivity index is 0.00000361. The molecule has 2 aromatic rings. The number of carbonyl (C=O) groups excluding carboxylic acids is 3. The summed E-state index contributed by atoms with van der Waals surface area (Å²) >= 11 is 0. The Hall–Kier alpha value is -4.26. The maximum Gasteiger partial charge on any atom is 0.416 e.